The molecule has 0 spiro atoms. The minimum atomic E-state index is -0.516. The maximum absolute atomic E-state index is 6.57. The molecule has 9 N–H and O–H groups in total. The zero-order chi connectivity index (χ0) is 19.8. The molecule has 2 aliphatic rings. The number of hydrogen-bond acceptors (Lipinski definition) is 5. The first-order chi connectivity index (χ1) is 12.8. The van der Waals surface area contributed by atoms with Crippen molar-refractivity contribution in [1.29, 1.82) is 0 Å². The highest BCUT2D eigenvalue weighted by Gasteiger charge is 2.47. The minimum absolute atomic E-state index is 0.0167. The number of nitrogens with two attached hydrogens (primary N) is 4. The lowest BCUT2D eigenvalue weighted by molar-refractivity contribution is 0.229. The first-order valence-corrected chi connectivity index (χ1v) is 11.9. The van der Waals surface area contributed by atoms with E-state index in [0.717, 1.165) is 15.6 Å². The van der Waals surface area contributed by atoms with Crippen LogP contribution >= 0.6 is 20.7 Å². The standard InChI is InChI=1S/C20H31IN6/c1-11-4-7-16(12-5-6-12)27-20(2,19(25)26-10-22)18(11)17-14(21-3)8-13(23)9-15(17)24/h4,8-10,12,16,18-19,27H,3,5-7,23-25H2,1-2H3,(H2,22,26). The zero-order valence-corrected chi connectivity index (χ0v) is 18.2. The summed E-state index contributed by atoms with van der Waals surface area (Å²) in [5.41, 5.74) is 27.9. The summed E-state index contributed by atoms with van der Waals surface area (Å²) < 4.78 is 5.36. The SMILES string of the molecule is C=Ic1cc(N)cc(N)c1C1C(C)=CCC(C2CC2)NC1(C)C(N)N=CN. The van der Waals surface area contributed by atoms with E-state index in [1.54, 1.807) is 0 Å². The van der Waals surface area contributed by atoms with Gasteiger partial charge in [0.1, 0.15) is 6.17 Å². The van der Waals surface area contributed by atoms with Gasteiger partial charge < -0.3 is 28.3 Å². The summed E-state index contributed by atoms with van der Waals surface area (Å²) in [6.45, 7) is 4.31. The number of rotatable bonds is 5. The van der Waals surface area contributed by atoms with Gasteiger partial charge in [-0.25, -0.2) is 0 Å². The van der Waals surface area contributed by atoms with E-state index in [-0.39, 0.29) is 5.92 Å². The van der Waals surface area contributed by atoms with Crippen molar-refractivity contribution in [1.82, 2.24) is 5.32 Å². The van der Waals surface area contributed by atoms with E-state index in [1.807, 2.05) is 12.1 Å². The molecule has 0 aromatic heterocycles. The maximum Gasteiger partial charge on any atom is 0.118 e. The number of aliphatic imine (C=N–C) groups is 1. The van der Waals surface area contributed by atoms with Crippen LogP contribution in [0.5, 0.6) is 0 Å². The summed E-state index contributed by atoms with van der Waals surface area (Å²) in [7, 11) is 0. The predicted octanol–water partition coefficient (Wildman–Crippen LogP) is 2.26. The summed E-state index contributed by atoms with van der Waals surface area (Å²) in [5, 5.41) is 3.87. The maximum atomic E-state index is 6.57. The number of benzene rings is 1. The molecule has 4 atom stereocenters. The molecule has 1 aromatic carbocycles. The highest BCUT2D eigenvalue weighted by Crippen LogP contribution is 2.47. The molecule has 1 fully saturated rings. The number of anilines is 2. The minimum Gasteiger partial charge on any atom is -0.399 e. The second-order valence-corrected chi connectivity index (χ2v) is 9.80. The average Bonchev–Trinajstić information content (AvgIpc) is 3.45. The van der Waals surface area contributed by atoms with E-state index < -0.39 is 32.4 Å². The third-order valence-corrected chi connectivity index (χ3v) is 7.63. The molecule has 6 nitrogen and oxygen atoms in total. The van der Waals surface area contributed by atoms with E-state index in [0.29, 0.717) is 23.3 Å². The van der Waals surface area contributed by atoms with Crippen LogP contribution in [0.2, 0.25) is 0 Å². The fourth-order valence-electron chi connectivity index (χ4n) is 4.36. The zero-order valence-electron chi connectivity index (χ0n) is 16.1. The van der Waals surface area contributed by atoms with Crippen LogP contribution in [0, 0.1) is 9.49 Å². The second-order valence-electron chi connectivity index (χ2n) is 7.87. The largest absolute Gasteiger partial charge is 0.399 e. The van der Waals surface area contributed by atoms with Crippen LogP contribution in [-0.4, -0.2) is 28.6 Å². The van der Waals surface area contributed by atoms with Gasteiger partial charge in [0.05, 0.1) is 11.9 Å². The number of nitrogens with one attached hydrogen (secondary N) is 1. The molecule has 4 unspecified atom stereocenters. The molecule has 1 heterocycles. The van der Waals surface area contributed by atoms with Crippen molar-refractivity contribution in [3.63, 3.8) is 0 Å². The fourth-order valence-corrected chi connectivity index (χ4v) is 5.98. The summed E-state index contributed by atoms with van der Waals surface area (Å²) in [6.07, 6.45) is 6.66. The molecule has 0 saturated heterocycles. The van der Waals surface area contributed by atoms with Gasteiger partial charge in [0.25, 0.3) is 0 Å². The fraction of sp³-hybridized carbons (Fsp3) is 0.500. The lowest BCUT2D eigenvalue weighted by Crippen LogP contribution is -2.62. The summed E-state index contributed by atoms with van der Waals surface area (Å²) in [5.74, 6) is 0.682. The normalized spacial score (nSPS) is 30.1. The second kappa shape index (κ2) is 7.89. The van der Waals surface area contributed by atoms with Crippen molar-refractivity contribution in [3.05, 3.63) is 32.9 Å². The van der Waals surface area contributed by atoms with Gasteiger partial charge in [-0.15, -0.1) is 0 Å². The summed E-state index contributed by atoms with van der Waals surface area (Å²) >= 11 is -0.452. The number of hydrogen-bond donors (Lipinski definition) is 5. The topological polar surface area (TPSA) is 128 Å². The first-order valence-electron chi connectivity index (χ1n) is 9.32. The summed E-state index contributed by atoms with van der Waals surface area (Å²) in [4.78, 5) is 4.36. The van der Waals surface area contributed by atoms with Gasteiger partial charge in [0, 0.05) is 26.9 Å². The molecular weight excluding hydrogens is 451 g/mol. The van der Waals surface area contributed by atoms with Gasteiger partial charge in [-0.2, -0.15) is 0 Å². The monoisotopic (exact) mass is 482 g/mol. The van der Waals surface area contributed by atoms with E-state index in [9.17, 15) is 0 Å². The number of nitrogens with zero attached hydrogens (tertiary/aromatic N) is 1. The van der Waals surface area contributed by atoms with E-state index >= 15 is 0 Å². The predicted molar refractivity (Wildman–Crippen MR) is 125 cm³/mol. The van der Waals surface area contributed by atoms with Gasteiger partial charge in [-0.1, -0.05) is 36.9 Å². The van der Waals surface area contributed by atoms with Crippen molar-refractivity contribution in [3.8, 4) is 0 Å². The Balaban J connectivity index is 2.19. The molecule has 1 aromatic rings. The Morgan fingerprint density at radius 2 is 2.07 bits per heavy atom. The highest BCUT2D eigenvalue weighted by atomic mass is 127. The van der Waals surface area contributed by atoms with Crippen molar-refractivity contribution in [2.75, 3.05) is 11.5 Å². The quantitative estimate of drug-likeness (QED) is 0.145. The molecule has 27 heavy (non-hydrogen) atoms. The molecule has 3 rings (SSSR count). The Morgan fingerprint density at radius 3 is 2.67 bits per heavy atom. The summed E-state index contributed by atoms with van der Waals surface area (Å²) in [6, 6.07) is 4.25. The van der Waals surface area contributed by atoms with Crippen molar-refractivity contribution in [2.45, 2.75) is 56.8 Å². The van der Waals surface area contributed by atoms with Crippen LogP contribution in [0.15, 0.2) is 28.8 Å². The van der Waals surface area contributed by atoms with Crippen LogP contribution in [-0.2, 0) is 0 Å². The molecule has 1 saturated carbocycles. The van der Waals surface area contributed by atoms with Gasteiger partial charge >= 0.3 is 0 Å². The van der Waals surface area contributed by atoms with Crippen LogP contribution in [0.1, 0.15) is 44.6 Å². The van der Waals surface area contributed by atoms with Crippen LogP contribution in [0.4, 0.5) is 11.4 Å². The molecule has 7 heteroatoms. The molecular formula is C20H31IN6. The lowest BCUT2D eigenvalue weighted by Gasteiger charge is -2.43. The van der Waals surface area contributed by atoms with Gasteiger partial charge in [0.2, 0.25) is 0 Å². The third-order valence-electron chi connectivity index (χ3n) is 5.91. The van der Waals surface area contributed by atoms with Crippen LogP contribution in [0.3, 0.4) is 0 Å². The first kappa shape index (κ1) is 20.3. The Kier molecular flexibility index (Phi) is 5.93. The molecule has 1 aliphatic heterocycles. The molecule has 1 aliphatic carbocycles. The molecule has 0 bridgehead atoms. The van der Waals surface area contributed by atoms with Crippen LogP contribution in [0.25, 0.3) is 0 Å². The van der Waals surface area contributed by atoms with Gasteiger partial charge in [0.15, 0.2) is 0 Å². The third kappa shape index (κ3) is 3.90. The van der Waals surface area contributed by atoms with Crippen molar-refractivity contribution in [2.24, 2.45) is 22.4 Å². The Bertz CT molecular complexity index is 785. The number of nitrogen functional groups attached to an aromatic ring is 2. The van der Waals surface area contributed by atoms with Crippen LogP contribution < -0.4 is 28.3 Å². The van der Waals surface area contributed by atoms with E-state index in [4.69, 9.17) is 22.9 Å². The Morgan fingerprint density at radius 1 is 1.37 bits per heavy atom. The van der Waals surface area contributed by atoms with Crippen molar-refractivity contribution >= 4 is 43.0 Å². The smallest absolute Gasteiger partial charge is 0.118 e. The van der Waals surface area contributed by atoms with E-state index in [1.165, 1.54) is 24.8 Å². The lowest BCUT2D eigenvalue weighted by atomic mass is 9.74. The number of halogens is 1. The Hall–Kier alpha value is -1.45. The Labute approximate surface area is 171 Å². The van der Waals surface area contributed by atoms with Gasteiger partial charge in [-0.3, -0.25) is 4.99 Å². The van der Waals surface area contributed by atoms with Gasteiger partial charge in [-0.05, 0) is 56.7 Å². The van der Waals surface area contributed by atoms with E-state index in [2.05, 4.69) is 34.7 Å². The highest BCUT2D eigenvalue weighted by molar-refractivity contribution is 14.2. The molecule has 0 radical (unpaired) electrons. The average molecular weight is 482 g/mol. The molecule has 0 amide bonds. The van der Waals surface area contributed by atoms with Crippen molar-refractivity contribution < 1.29 is 0 Å². The molecule has 148 valence electrons.